The summed E-state index contributed by atoms with van der Waals surface area (Å²) in [6.07, 6.45) is 6.01. The fraction of sp³-hybridized carbons (Fsp3) is 0.576. The molecule has 1 aliphatic carbocycles. The molecule has 0 amide bonds. The van der Waals surface area contributed by atoms with Crippen LogP contribution in [0.5, 0.6) is 5.75 Å². The number of para-hydroxylation sites is 1. The first-order chi connectivity index (χ1) is 19.1. The minimum absolute atomic E-state index is 0.230. The SMILES string of the molecule is COc1ccccc1C1CCN(c2nc(C3CC3)nc3ccc(N4CC[C@H](O[Si](C)(C)C(C)(C)C)C4)cc23)CC1. The number of aromatic nitrogens is 2. The molecule has 0 unspecified atom stereocenters. The zero-order valence-corrected chi connectivity index (χ0v) is 26.2. The Morgan fingerprint density at radius 3 is 2.27 bits per heavy atom. The number of nitrogens with zero attached hydrogens (tertiary/aromatic N) is 4. The van der Waals surface area contributed by atoms with E-state index in [9.17, 15) is 0 Å². The summed E-state index contributed by atoms with van der Waals surface area (Å²) in [4.78, 5) is 15.3. The molecule has 2 aromatic carbocycles. The predicted octanol–water partition coefficient (Wildman–Crippen LogP) is 7.50. The van der Waals surface area contributed by atoms with Crippen molar-refractivity contribution >= 4 is 30.7 Å². The van der Waals surface area contributed by atoms with Crippen LogP contribution >= 0.6 is 0 Å². The number of benzene rings is 2. The molecule has 0 radical (unpaired) electrons. The van der Waals surface area contributed by atoms with Gasteiger partial charge >= 0.3 is 0 Å². The van der Waals surface area contributed by atoms with Crippen molar-refractivity contribution in [1.29, 1.82) is 0 Å². The molecular weight excluding hydrogens is 512 g/mol. The molecule has 7 heteroatoms. The van der Waals surface area contributed by atoms with Crippen LogP contribution < -0.4 is 14.5 Å². The molecule has 1 aromatic heterocycles. The van der Waals surface area contributed by atoms with E-state index in [0.29, 0.717) is 17.9 Å². The fourth-order valence-electron chi connectivity index (χ4n) is 6.14. The first-order valence-electron chi connectivity index (χ1n) is 15.3. The summed E-state index contributed by atoms with van der Waals surface area (Å²) in [6, 6.07) is 15.3. The van der Waals surface area contributed by atoms with E-state index < -0.39 is 8.32 Å². The molecule has 6 rings (SSSR count). The lowest BCUT2D eigenvalue weighted by molar-refractivity contribution is 0.202. The van der Waals surface area contributed by atoms with Gasteiger partial charge in [-0.05, 0) is 86.0 Å². The smallest absolute Gasteiger partial charge is 0.192 e. The van der Waals surface area contributed by atoms with Crippen LogP contribution in [-0.2, 0) is 4.43 Å². The third-order valence-electron chi connectivity index (χ3n) is 9.77. The van der Waals surface area contributed by atoms with Crippen LogP contribution in [0.25, 0.3) is 10.9 Å². The van der Waals surface area contributed by atoms with Crippen LogP contribution in [0.3, 0.4) is 0 Å². The van der Waals surface area contributed by atoms with Crippen molar-refractivity contribution < 1.29 is 9.16 Å². The zero-order valence-electron chi connectivity index (χ0n) is 25.2. The van der Waals surface area contributed by atoms with Crippen molar-refractivity contribution in [3.8, 4) is 5.75 Å². The molecule has 3 fully saturated rings. The van der Waals surface area contributed by atoms with E-state index in [1.807, 2.05) is 0 Å². The summed E-state index contributed by atoms with van der Waals surface area (Å²) in [5.74, 6) is 4.21. The predicted molar refractivity (Wildman–Crippen MR) is 168 cm³/mol. The normalized spacial score (nSPS) is 20.9. The topological polar surface area (TPSA) is 50.7 Å². The molecule has 3 heterocycles. The Hall–Kier alpha value is -2.64. The van der Waals surface area contributed by atoms with E-state index >= 15 is 0 Å². The van der Waals surface area contributed by atoms with Gasteiger partial charge in [-0.15, -0.1) is 0 Å². The molecule has 0 N–H and O–H groups in total. The van der Waals surface area contributed by atoms with Gasteiger partial charge in [0.05, 0.1) is 18.7 Å². The van der Waals surface area contributed by atoms with Crippen LogP contribution in [0, 0.1) is 0 Å². The highest BCUT2D eigenvalue weighted by Gasteiger charge is 2.40. The largest absolute Gasteiger partial charge is 0.496 e. The Morgan fingerprint density at radius 1 is 0.850 bits per heavy atom. The third kappa shape index (κ3) is 5.47. The van der Waals surface area contributed by atoms with Crippen molar-refractivity contribution in [3.05, 3.63) is 53.9 Å². The van der Waals surface area contributed by atoms with Crippen molar-refractivity contribution in [2.75, 3.05) is 43.1 Å². The van der Waals surface area contributed by atoms with E-state index in [4.69, 9.17) is 19.1 Å². The second-order valence-electron chi connectivity index (χ2n) is 13.6. The molecule has 0 bridgehead atoms. The number of anilines is 2. The number of piperidine rings is 1. The average molecular weight is 559 g/mol. The first kappa shape index (κ1) is 27.5. The Kier molecular flexibility index (Phi) is 7.32. The van der Waals surface area contributed by atoms with E-state index in [-0.39, 0.29) is 5.04 Å². The summed E-state index contributed by atoms with van der Waals surface area (Å²) in [5, 5.41) is 1.42. The second-order valence-corrected chi connectivity index (χ2v) is 18.4. The maximum Gasteiger partial charge on any atom is 0.192 e. The van der Waals surface area contributed by atoms with Gasteiger partial charge in [-0.1, -0.05) is 39.0 Å². The van der Waals surface area contributed by atoms with Gasteiger partial charge in [0.2, 0.25) is 0 Å². The van der Waals surface area contributed by atoms with Gasteiger partial charge in [0.15, 0.2) is 8.32 Å². The van der Waals surface area contributed by atoms with Crippen LogP contribution in [-0.4, -0.2) is 57.7 Å². The van der Waals surface area contributed by atoms with Gasteiger partial charge in [-0.2, -0.15) is 0 Å². The summed E-state index contributed by atoms with van der Waals surface area (Å²) >= 11 is 0. The molecule has 2 aliphatic heterocycles. The highest BCUT2D eigenvalue weighted by molar-refractivity contribution is 6.74. The van der Waals surface area contributed by atoms with Crippen molar-refractivity contribution in [1.82, 2.24) is 9.97 Å². The molecule has 6 nitrogen and oxygen atoms in total. The van der Waals surface area contributed by atoms with Gasteiger partial charge in [0.1, 0.15) is 17.4 Å². The number of methoxy groups -OCH3 is 1. The van der Waals surface area contributed by atoms with E-state index in [1.54, 1.807) is 7.11 Å². The van der Waals surface area contributed by atoms with Gasteiger partial charge in [0, 0.05) is 43.2 Å². The van der Waals surface area contributed by atoms with Crippen molar-refractivity contribution in [2.45, 2.75) is 88.9 Å². The molecule has 2 saturated heterocycles. The summed E-state index contributed by atoms with van der Waals surface area (Å²) in [6.45, 7) is 15.7. The number of ether oxygens (including phenoxy) is 1. The molecular formula is C33H46N4O2Si. The molecule has 3 aromatic rings. The highest BCUT2D eigenvalue weighted by Crippen LogP contribution is 2.42. The Morgan fingerprint density at radius 2 is 1.57 bits per heavy atom. The third-order valence-corrected chi connectivity index (χ3v) is 14.3. The van der Waals surface area contributed by atoms with Crippen molar-refractivity contribution in [2.24, 2.45) is 0 Å². The first-order valence-corrected chi connectivity index (χ1v) is 18.2. The maximum atomic E-state index is 6.79. The zero-order chi connectivity index (χ0) is 28.1. The molecule has 40 heavy (non-hydrogen) atoms. The quantitative estimate of drug-likeness (QED) is 0.280. The van der Waals surface area contributed by atoms with Crippen LogP contribution in [0.4, 0.5) is 11.5 Å². The molecule has 0 spiro atoms. The van der Waals surface area contributed by atoms with Crippen LogP contribution in [0.2, 0.25) is 18.1 Å². The van der Waals surface area contributed by atoms with E-state index in [2.05, 4.69) is 86.1 Å². The lowest BCUT2D eigenvalue weighted by atomic mass is 9.88. The number of hydrogen-bond donors (Lipinski definition) is 0. The number of rotatable bonds is 7. The van der Waals surface area contributed by atoms with E-state index in [0.717, 1.165) is 68.3 Å². The van der Waals surface area contributed by atoms with Gasteiger partial charge in [-0.25, -0.2) is 9.97 Å². The van der Waals surface area contributed by atoms with Gasteiger partial charge in [-0.3, -0.25) is 0 Å². The highest BCUT2D eigenvalue weighted by atomic mass is 28.4. The average Bonchev–Trinajstić information content (AvgIpc) is 3.70. The minimum Gasteiger partial charge on any atom is -0.496 e. The summed E-state index contributed by atoms with van der Waals surface area (Å²) in [5.41, 5.74) is 3.68. The number of hydrogen-bond acceptors (Lipinski definition) is 6. The minimum atomic E-state index is -1.78. The molecule has 3 aliphatic rings. The molecule has 214 valence electrons. The van der Waals surface area contributed by atoms with Crippen LogP contribution in [0.1, 0.15) is 76.1 Å². The standard InChI is InChI=1S/C33H46N4O2Si/c1-33(2,3)40(5,6)39-26-17-20-37(22-26)25-13-14-29-28(21-25)32(35-31(34-29)24-11-12-24)36-18-15-23(16-19-36)27-9-7-8-10-30(27)38-4/h7-10,13-14,21,23-24,26H,11-12,15-20,22H2,1-6H3/t26-/m0/s1. The van der Waals surface area contributed by atoms with Gasteiger partial charge in [0.25, 0.3) is 0 Å². The lowest BCUT2D eigenvalue weighted by Gasteiger charge is -2.38. The Balaban J connectivity index is 1.24. The second kappa shape index (κ2) is 10.6. The van der Waals surface area contributed by atoms with Gasteiger partial charge < -0.3 is 19.0 Å². The monoisotopic (exact) mass is 558 g/mol. The summed E-state index contributed by atoms with van der Waals surface area (Å²) in [7, 11) is -0.00669. The molecule has 1 atom stereocenters. The van der Waals surface area contributed by atoms with Crippen molar-refractivity contribution in [3.63, 3.8) is 0 Å². The fourth-order valence-corrected chi connectivity index (χ4v) is 7.52. The maximum absolute atomic E-state index is 6.79. The van der Waals surface area contributed by atoms with Crippen LogP contribution in [0.15, 0.2) is 42.5 Å². The molecule has 1 saturated carbocycles. The summed E-state index contributed by atoms with van der Waals surface area (Å²) < 4.78 is 12.5. The van der Waals surface area contributed by atoms with E-state index in [1.165, 1.54) is 29.5 Å². The Labute approximate surface area is 241 Å². The number of fused-ring (bicyclic) bond motifs is 1. The lowest BCUT2D eigenvalue weighted by Crippen LogP contribution is -2.44. The Bertz CT molecular complexity index is 1360.